The number of anilines is 1. The quantitative estimate of drug-likeness (QED) is 0.816. The first-order valence-corrected chi connectivity index (χ1v) is 5.21. The standard InChI is InChI=1S/C12H15NO2/c1-13-7-6-10-4-2-9(8-11(10)13)3-5-12(14)15/h2,4,8H,3,5-7H2,1H3,(H,14,15). The Kier molecular flexibility index (Phi) is 2.62. The van der Waals surface area contributed by atoms with Crippen LogP contribution in [0.3, 0.4) is 0 Å². The molecule has 3 nitrogen and oxygen atoms in total. The van der Waals surface area contributed by atoms with Gasteiger partial charge in [-0.1, -0.05) is 12.1 Å². The summed E-state index contributed by atoms with van der Waals surface area (Å²) in [6.07, 6.45) is 1.93. The number of benzene rings is 1. The van der Waals surface area contributed by atoms with Crippen molar-refractivity contribution >= 4 is 11.7 Å². The molecule has 1 heterocycles. The smallest absolute Gasteiger partial charge is 0.303 e. The molecule has 15 heavy (non-hydrogen) atoms. The summed E-state index contributed by atoms with van der Waals surface area (Å²) in [4.78, 5) is 12.7. The van der Waals surface area contributed by atoms with E-state index < -0.39 is 5.97 Å². The maximum Gasteiger partial charge on any atom is 0.303 e. The van der Waals surface area contributed by atoms with Gasteiger partial charge in [0.1, 0.15) is 0 Å². The van der Waals surface area contributed by atoms with E-state index in [9.17, 15) is 4.79 Å². The van der Waals surface area contributed by atoms with Gasteiger partial charge in [0.05, 0.1) is 0 Å². The van der Waals surface area contributed by atoms with E-state index in [0.717, 1.165) is 18.5 Å². The van der Waals surface area contributed by atoms with Gasteiger partial charge in [0.15, 0.2) is 0 Å². The van der Waals surface area contributed by atoms with Crippen molar-refractivity contribution < 1.29 is 9.90 Å². The minimum atomic E-state index is -0.733. The highest BCUT2D eigenvalue weighted by Gasteiger charge is 2.15. The number of fused-ring (bicyclic) bond motifs is 1. The first-order chi connectivity index (χ1) is 7.16. The summed E-state index contributed by atoms with van der Waals surface area (Å²) in [5.74, 6) is -0.733. The van der Waals surface area contributed by atoms with E-state index in [2.05, 4.69) is 24.1 Å². The Morgan fingerprint density at radius 3 is 3.07 bits per heavy atom. The molecule has 0 saturated heterocycles. The lowest BCUT2D eigenvalue weighted by molar-refractivity contribution is -0.136. The van der Waals surface area contributed by atoms with E-state index in [1.807, 2.05) is 6.07 Å². The number of rotatable bonds is 3. The van der Waals surface area contributed by atoms with Gasteiger partial charge in [0.2, 0.25) is 0 Å². The number of hydrogen-bond donors (Lipinski definition) is 1. The fraction of sp³-hybridized carbons (Fsp3) is 0.417. The summed E-state index contributed by atoms with van der Waals surface area (Å²) < 4.78 is 0. The molecule has 1 aliphatic rings. The van der Waals surface area contributed by atoms with Crippen molar-refractivity contribution in [2.75, 3.05) is 18.5 Å². The molecule has 0 amide bonds. The molecule has 1 aromatic carbocycles. The largest absolute Gasteiger partial charge is 0.481 e. The molecule has 0 aliphatic carbocycles. The molecule has 0 spiro atoms. The molecule has 80 valence electrons. The van der Waals surface area contributed by atoms with Crippen LogP contribution in [-0.2, 0) is 17.6 Å². The van der Waals surface area contributed by atoms with E-state index >= 15 is 0 Å². The fourth-order valence-electron chi connectivity index (χ4n) is 1.99. The Balaban J connectivity index is 2.14. The SMILES string of the molecule is CN1CCc2ccc(CCC(=O)O)cc21. The summed E-state index contributed by atoms with van der Waals surface area (Å²) in [5.41, 5.74) is 3.75. The third-order valence-corrected chi connectivity index (χ3v) is 2.91. The zero-order chi connectivity index (χ0) is 10.8. The van der Waals surface area contributed by atoms with E-state index in [1.54, 1.807) is 0 Å². The normalized spacial score (nSPS) is 14.1. The van der Waals surface area contributed by atoms with Crippen LogP contribution in [0.1, 0.15) is 17.5 Å². The van der Waals surface area contributed by atoms with Crippen LogP contribution >= 0.6 is 0 Å². The number of hydrogen-bond acceptors (Lipinski definition) is 2. The second-order valence-electron chi connectivity index (χ2n) is 4.03. The Labute approximate surface area is 89.3 Å². The lowest BCUT2D eigenvalue weighted by Crippen LogP contribution is -2.12. The highest BCUT2D eigenvalue weighted by Crippen LogP contribution is 2.27. The van der Waals surface area contributed by atoms with E-state index in [1.165, 1.54) is 11.3 Å². The van der Waals surface area contributed by atoms with E-state index in [-0.39, 0.29) is 6.42 Å². The molecule has 1 N–H and O–H groups in total. The number of aryl methyl sites for hydroxylation is 1. The van der Waals surface area contributed by atoms with Crippen molar-refractivity contribution in [1.82, 2.24) is 0 Å². The molecule has 0 radical (unpaired) electrons. The maximum absolute atomic E-state index is 10.5. The summed E-state index contributed by atoms with van der Waals surface area (Å²) in [6, 6.07) is 6.28. The van der Waals surface area contributed by atoms with Gasteiger partial charge in [-0.15, -0.1) is 0 Å². The lowest BCUT2D eigenvalue weighted by Gasteiger charge is -2.12. The third-order valence-electron chi connectivity index (χ3n) is 2.91. The number of nitrogens with zero attached hydrogens (tertiary/aromatic N) is 1. The van der Waals surface area contributed by atoms with Crippen LogP contribution in [-0.4, -0.2) is 24.7 Å². The highest BCUT2D eigenvalue weighted by atomic mass is 16.4. The van der Waals surface area contributed by atoms with E-state index in [4.69, 9.17) is 5.11 Å². The number of carboxylic acid groups (broad SMARTS) is 1. The lowest BCUT2D eigenvalue weighted by atomic mass is 10.1. The van der Waals surface area contributed by atoms with Gasteiger partial charge in [-0.3, -0.25) is 4.79 Å². The topological polar surface area (TPSA) is 40.5 Å². The summed E-state index contributed by atoms with van der Waals surface area (Å²) in [7, 11) is 2.08. The average molecular weight is 205 g/mol. The van der Waals surface area contributed by atoms with Crippen molar-refractivity contribution in [2.45, 2.75) is 19.3 Å². The predicted molar refractivity (Wildman–Crippen MR) is 59.4 cm³/mol. The first kappa shape index (κ1) is 10.0. The molecule has 0 atom stereocenters. The number of aliphatic carboxylic acids is 1. The third kappa shape index (κ3) is 2.12. The van der Waals surface area contributed by atoms with Crippen LogP contribution in [0.5, 0.6) is 0 Å². The van der Waals surface area contributed by atoms with Crippen molar-refractivity contribution in [3.05, 3.63) is 29.3 Å². The molecule has 1 aromatic rings. The fourth-order valence-corrected chi connectivity index (χ4v) is 1.99. The minimum Gasteiger partial charge on any atom is -0.481 e. The molecule has 0 fully saturated rings. The van der Waals surface area contributed by atoms with Crippen LogP contribution in [0.15, 0.2) is 18.2 Å². The summed E-state index contributed by atoms with van der Waals surface area (Å²) in [5, 5.41) is 8.61. The molecule has 2 rings (SSSR count). The molecular formula is C12H15NO2. The van der Waals surface area contributed by atoms with Crippen LogP contribution < -0.4 is 4.90 Å². The molecule has 0 aromatic heterocycles. The molecular weight excluding hydrogens is 190 g/mol. The maximum atomic E-state index is 10.5. The number of carbonyl (C=O) groups is 1. The van der Waals surface area contributed by atoms with Crippen molar-refractivity contribution in [3.8, 4) is 0 Å². The van der Waals surface area contributed by atoms with Gasteiger partial charge in [0.25, 0.3) is 0 Å². The van der Waals surface area contributed by atoms with Crippen molar-refractivity contribution in [2.24, 2.45) is 0 Å². The van der Waals surface area contributed by atoms with Gasteiger partial charge in [0, 0.05) is 25.7 Å². The van der Waals surface area contributed by atoms with Gasteiger partial charge in [-0.25, -0.2) is 0 Å². The van der Waals surface area contributed by atoms with E-state index in [0.29, 0.717) is 6.42 Å². The molecule has 0 saturated carbocycles. The van der Waals surface area contributed by atoms with Crippen LogP contribution in [0.4, 0.5) is 5.69 Å². The Bertz CT molecular complexity index is 387. The minimum absolute atomic E-state index is 0.211. The second-order valence-corrected chi connectivity index (χ2v) is 4.03. The summed E-state index contributed by atoms with van der Waals surface area (Å²) in [6.45, 7) is 1.07. The molecule has 0 unspecified atom stereocenters. The average Bonchev–Trinajstić information content (AvgIpc) is 2.57. The number of likely N-dealkylation sites (N-methyl/N-ethyl adjacent to an activating group) is 1. The van der Waals surface area contributed by atoms with Gasteiger partial charge < -0.3 is 10.0 Å². The molecule has 0 bridgehead atoms. The highest BCUT2D eigenvalue weighted by molar-refractivity contribution is 5.67. The first-order valence-electron chi connectivity index (χ1n) is 5.21. The van der Waals surface area contributed by atoms with Crippen LogP contribution in [0.2, 0.25) is 0 Å². The Hall–Kier alpha value is -1.51. The number of carboxylic acids is 1. The molecule has 1 aliphatic heterocycles. The van der Waals surface area contributed by atoms with Crippen molar-refractivity contribution in [3.63, 3.8) is 0 Å². The monoisotopic (exact) mass is 205 g/mol. The predicted octanol–water partition coefficient (Wildman–Crippen LogP) is 1.70. The Morgan fingerprint density at radius 1 is 1.53 bits per heavy atom. The van der Waals surface area contributed by atoms with Gasteiger partial charge in [-0.2, -0.15) is 0 Å². The zero-order valence-corrected chi connectivity index (χ0v) is 8.86. The van der Waals surface area contributed by atoms with Crippen molar-refractivity contribution in [1.29, 1.82) is 0 Å². The summed E-state index contributed by atoms with van der Waals surface area (Å²) >= 11 is 0. The molecule has 3 heteroatoms. The Morgan fingerprint density at radius 2 is 2.33 bits per heavy atom. The zero-order valence-electron chi connectivity index (χ0n) is 8.86. The van der Waals surface area contributed by atoms with Gasteiger partial charge in [-0.05, 0) is 30.0 Å². The van der Waals surface area contributed by atoms with Gasteiger partial charge >= 0.3 is 5.97 Å². The van der Waals surface area contributed by atoms with Crippen LogP contribution in [0, 0.1) is 0 Å². The second kappa shape index (κ2) is 3.93. The van der Waals surface area contributed by atoms with Crippen LogP contribution in [0.25, 0.3) is 0 Å².